The van der Waals surface area contributed by atoms with Gasteiger partial charge in [0.25, 0.3) is 6.47 Å². The molecule has 0 radical (unpaired) electrons. The number of pyridine rings is 1. The molecule has 4 rings (SSSR count). The number of rotatable bonds is 8. The van der Waals surface area contributed by atoms with E-state index in [2.05, 4.69) is 30.7 Å². The third-order valence-electron chi connectivity index (χ3n) is 6.60. The molecule has 9 heteroatoms. The molecule has 2 atom stereocenters. The van der Waals surface area contributed by atoms with E-state index in [1.165, 1.54) is 7.11 Å². The molecule has 1 aliphatic carbocycles. The van der Waals surface area contributed by atoms with Gasteiger partial charge in [0.1, 0.15) is 0 Å². The maximum atomic E-state index is 10.4. The largest absolute Gasteiger partial charge is 0.481 e. The van der Waals surface area contributed by atoms with Crippen molar-refractivity contribution >= 4 is 23.2 Å². The third-order valence-corrected chi connectivity index (χ3v) is 6.60. The Morgan fingerprint density at radius 1 is 1.34 bits per heavy atom. The van der Waals surface area contributed by atoms with Crippen LogP contribution in [0.4, 0.5) is 5.69 Å². The standard InChI is InChI=1S/C24H29N5O2.C2H4O2/c1-17-8-23(31-2)27-13-21(17)26-12-19-4-3-7-24(10-19,15-30)14-29-16-28-20-6-5-18(11-25)9-22(20)29;1-4-2-3/h5-6,8-9,13,16,19,26,30H,3-4,7,10,12,14-15H2,1-2H3;2H,1H3. The Morgan fingerprint density at radius 2 is 2.14 bits per heavy atom. The summed E-state index contributed by atoms with van der Waals surface area (Å²) in [6.45, 7) is 4.11. The van der Waals surface area contributed by atoms with E-state index in [0.717, 1.165) is 54.5 Å². The van der Waals surface area contributed by atoms with Gasteiger partial charge in [-0.25, -0.2) is 9.97 Å². The summed E-state index contributed by atoms with van der Waals surface area (Å²) >= 11 is 0. The summed E-state index contributed by atoms with van der Waals surface area (Å²) in [6, 6.07) is 9.69. The smallest absolute Gasteiger partial charge is 0.292 e. The number of imidazole rings is 1. The molecule has 2 heterocycles. The summed E-state index contributed by atoms with van der Waals surface area (Å²) in [7, 11) is 2.93. The molecule has 1 aromatic carbocycles. The number of hydrogen-bond acceptors (Lipinski definition) is 8. The first-order valence-electron chi connectivity index (χ1n) is 11.6. The van der Waals surface area contributed by atoms with Crippen molar-refractivity contribution in [1.29, 1.82) is 5.26 Å². The molecule has 2 aromatic heterocycles. The number of methoxy groups -OCH3 is 2. The summed E-state index contributed by atoms with van der Waals surface area (Å²) in [4.78, 5) is 17.7. The number of aromatic nitrogens is 3. The molecule has 1 aliphatic rings. The van der Waals surface area contributed by atoms with Gasteiger partial charge in [-0.15, -0.1) is 0 Å². The molecule has 0 amide bonds. The zero-order valence-electron chi connectivity index (χ0n) is 20.5. The van der Waals surface area contributed by atoms with Gasteiger partial charge in [-0.3, -0.25) is 4.79 Å². The first-order valence-corrected chi connectivity index (χ1v) is 11.6. The number of nitrogens with zero attached hydrogens (tertiary/aromatic N) is 4. The zero-order chi connectivity index (χ0) is 25.3. The lowest BCUT2D eigenvalue weighted by Gasteiger charge is -2.40. The van der Waals surface area contributed by atoms with Crippen LogP contribution in [0, 0.1) is 29.6 Å². The second-order valence-electron chi connectivity index (χ2n) is 9.06. The van der Waals surface area contributed by atoms with Crippen molar-refractivity contribution in [1.82, 2.24) is 14.5 Å². The average Bonchev–Trinajstić information content (AvgIpc) is 3.29. The van der Waals surface area contributed by atoms with E-state index >= 15 is 0 Å². The number of carbonyl (C=O) groups is 1. The van der Waals surface area contributed by atoms with Crippen molar-refractivity contribution in [2.24, 2.45) is 11.3 Å². The molecule has 0 spiro atoms. The lowest BCUT2D eigenvalue weighted by Crippen LogP contribution is -2.38. The van der Waals surface area contributed by atoms with Gasteiger partial charge < -0.3 is 24.5 Å². The number of nitriles is 1. The minimum absolute atomic E-state index is 0.143. The lowest BCUT2D eigenvalue weighted by molar-refractivity contribution is -0.126. The van der Waals surface area contributed by atoms with E-state index in [0.29, 0.717) is 30.4 Å². The van der Waals surface area contributed by atoms with Crippen LogP contribution in [0.3, 0.4) is 0 Å². The Bertz CT molecular complexity index is 1170. The van der Waals surface area contributed by atoms with E-state index in [1.54, 1.807) is 13.2 Å². The molecule has 186 valence electrons. The van der Waals surface area contributed by atoms with Crippen molar-refractivity contribution < 1.29 is 19.4 Å². The van der Waals surface area contributed by atoms with E-state index in [1.807, 2.05) is 37.6 Å². The van der Waals surface area contributed by atoms with Crippen LogP contribution in [-0.2, 0) is 16.1 Å². The van der Waals surface area contributed by atoms with Crippen LogP contribution in [-0.4, -0.2) is 53.5 Å². The van der Waals surface area contributed by atoms with E-state index in [9.17, 15) is 10.4 Å². The first kappa shape index (κ1) is 26.0. The molecular formula is C26H33N5O4. The Balaban J connectivity index is 0.000000795. The van der Waals surface area contributed by atoms with Crippen LogP contribution < -0.4 is 10.1 Å². The van der Waals surface area contributed by atoms with E-state index in [4.69, 9.17) is 9.53 Å². The molecule has 3 aromatic rings. The van der Waals surface area contributed by atoms with Crippen molar-refractivity contribution in [2.75, 3.05) is 32.7 Å². The summed E-state index contributed by atoms with van der Waals surface area (Å²) in [6.07, 6.45) is 7.80. The molecule has 35 heavy (non-hydrogen) atoms. The maximum Gasteiger partial charge on any atom is 0.292 e. The van der Waals surface area contributed by atoms with Gasteiger partial charge in [0, 0.05) is 24.6 Å². The molecular weight excluding hydrogens is 446 g/mol. The van der Waals surface area contributed by atoms with Crippen LogP contribution in [0.2, 0.25) is 0 Å². The van der Waals surface area contributed by atoms with Crippen LogP contribution in [0.5, 0.6) is 5.88 Å². The topological polar surface area (TPSA) is 122 Å². The number of benzene rings is 1. The highest BCUT2D eigenvalue weighted by molar-refractivity contribution is 5.77. The summed E-state index contributed by atoms with van der Waals surface area (Å²) in [5.41, 5.74) is 4.39. The minimum Gasteiger partial charge on any atom is -0.481 e. The highest BCUT2D eigenvalue weighted by Gasteiger charge is 2.36. The van der Waals surface area contributed by atoms with Crippen LogP contribution >= 0.6 is 0 Å². The quantitative estimate of drug-likeness (QED) is 0.469. The number of aryl methyl sites for hydroxylation is 1. The van der Waals surface area contributed by atoms with E-state index in [-0.39, 0.29) is 12.0 Å². The number of ether oxygens (including phenoxy) is 2. The molecule has 9 nitrogen and oxygen atoms in total. The zero-order valence-corrected chi connectivity index (χ0v) is 20.5. The summed E-state index contributed by atoms with van der Waals surface area (Å²) in [5, 5.41) is 23.2. The Morgan fingerprint density at radius 3 is 2.80 bits per heavy atom. The number of anilines is 1. The molecule has 0 aliphatic heterocycles. The average molecular weight is 480 g/mol. The van der Waals surface area contributed by atoms with Gasteiger partial charge in [0.2, 0.25) is 5.88 Å². The number of fused-ring (bicyclic) bond motifs is 1. The predicted octanol–water partition coefficient (Wildman–Crippen LogP) is 3.69. The van der Waals surface area contributed by atoms with Crippen molar-refractivity contribution in [3.05, 3.63) is 47.9 Å². The van der Waals surface area contributed by atoms with Crippen LogP contribution in [0.25, 0.3) is 11.0 Å². The second kappa shape index (κ2) is 12.2. The number of hydrogen-bond donors (Lipinski definition) is 2. The molecule has 0 saturated heterocycles. The second-order valence-corrected chi connectivity index (χ2v) is 9.06. The van der Waals surface area contributed by atoms with Gasteiger partial charge in [0.15, 0.2) is 0 Å². The van der Waals surface area contributed by atoms with Crippen LogP contribution in [0.1, 0.15) is 36.8 Å². The number of aliphatic hydroxyl groups is 1. The fraction of sp³-hybridized carbons (Fsp3) is 0.462. The maximum absolute atomic E-state index is 10.4. The lowest BCUT2D eigenvalue weighted by atomic mass is 9.69. The first-order chi connectivity index (χ1) is 17.0. The predicted molar refractivity (Wildman–Crippen MR) is 133 cm³/mol. The minimum atomic E-state index is -0.186. The highest BCUT2D eigenvalue weighted by Crippen LogP contribution is 2.41. The van der Waals surface area contributed by atoms with Gasteiger partial charge in [-0.1, -0.05) is 6.42 Å². The summed E-state index contributed by atoms with van der Waals surface area (Å²) < 4.78 is 11.1. The van der Waals surface area contributed by atoms with E-state index < -0.39 is 0 Å². The highest BCUT2D eigenvalue weighted by atomic mass is 16.5. The summed E-state index contributed by atoms with van der Waals surface area (Å²) in [5.74, 6) is 1.08. The molecule has 2 unspecified atom stereocenters. The molecule has 1 fully saturated rings. The van der Waals surface area contributed by atoms with Crippen molar-refractivity contribution in [2.45, 2.75) is 39.2 Å². The normalized spacial score (nSPS) is 19.2. The molecule has 1 saturated carbocycles. The third kappa shape index (κ3) is 6.49. The fourth-order valence-corrected chi connectivity index (χ4v) is 4.79. The van der Waals surface area contributed by atoms with Gasteiger partial charge in [-0.2, -0.15) is 5.26 Å². The number of nitrogens with one attached hydrogen (secondary N) is 1. The van der Waals surface area contributed by atoms with Gasteiger partial charge in [-0.05, 0) is 55.9 Å². The van der Waals surface area contributed by atoms with Gasteiger partial charge >= 0.3 is 0 Å². The SMILES string of the molecule is COC=O.COc1cc(C)c(NCC2CCCC(CO)(Cn3cnc4ccc(C#N)cc43)C2)cn1. The molecule has 2 N–H and O–H groups in total. The molecule has 0 bridgehead atoms. The van der Waals surface area contributed by atoms with Gasteiger partial charge in [0.05, 0.1) is 61.7 Å². The Kier molecular flexibility index (Phi) is 9.04. The van der Waals surface area contributed by atoms with Crippen molar-refractivity contribution in [3.63, 3.8) is 0 Å². The fourth-order valence-electron chi connectivity index (χ4n) is 4.79. The Hall–Kier alpha value is -3.64. The van der Waals surface area contributed by atoms with Crippen LogP contribution in [0.15, 0.2) is 36.8 Å². The van der Waals surface area contributed by atoms with Crippen molar-refractivity contribution in [3.8, 4) is 11.9 Å². The number of aliphatic hydroxyl groups excluding tert-OH is 1. The monoisotopic (exact) mass is 479 g/mol. The number of carbonyl (C=O) groups excluding carboxylic acids is 1. The Labute approximate surface area is 205 Å².